The van der Waals surface area contributed by atoms with E-state index in [1.807, 2.05) is 0 Å². The maximum atomic E-state index is 9.77. The van der Waals surface area contributed by atoms with Gasteiger partial charge in [-0.3, -0.25) is 0 Å². The van der Waals surface area contributed by atoms with Crippen molar-refractivity contribution in [3.8, 4) is 0 Å². The average Bonchev–Trinajstić information content (AvgIpc) is 2.25. The summed E-state index contributed by atoms with van der Waals surface area (Å²) >= 11 is 0. The lowest BCUT2D eigenvalue weighted by Crippen LogP contribution is -2.26. The average molecular weight is 246 g/mol. The molecule has 17 heavy (non-hydrogen) atoms. The van der Waals surface area contributed by atoms with Crippen molar-refractivity contribution in [1.29, 1.82) is 0 Å². The van der Waals surface area contributed by atoms with Crippen molar-refractivity contribution >= 4 is 0 Å². The van der Waals surface area contributed by atoms with Gasteiger partial charge in [-0.05, 0) is 72.9 Å². The monoisotopic (exact) mass is 246 g/mol. The molecule has 0 aromatic rings. The van der Waals surface area contributed by atoms with Gasteiger partial charge in [0.05, 0.1) is 12.7 Å². The number of rotatable bonds is 10. The Morgan fingerprint density at radius 3 is 1.59 bits per heavy atom. The van der Waals surface area contributed by atoms with Crippen molar-refractivity contribution in [2.24, 2.45) is 5.92 Å². The minimum atomic E-state index is -0.556. The maximum absolute atomic E-state index is 9.77. The van der Waals surface area contributed by atoms with E-state index in [0.29, 0.717) is 0 Å². The van der Waals surface area contributed by atoms with Crippen LogP contribution in [0.3, 0.4) is 0 Å². The Morgan fingerprint density at radius 1 is 0.882 bits per heavy atom. The lowest BCUT2D eigenvalue weighted by molar-refractivity contribution is 0.0374. The van der Waals surface area contributed by atoms with Gasteiger partial charge in [-0.1, -0.05) is 0 Å². The molecule has 104 valence electrons. The molecular formula is C13H30N2O2. The van der Waals surface area contributed by atoms with Crippen LogP contribution in [0.4, 0.5) is 0 Å². The molecule has 4 nitrogen and oxygen atoms in total. The molecule has 0 saturated heterocycles. The summed E-state index contributed by atoms with van der Waals surface area (Å²) in [6.07, 6.45) is 3.59. The molecule has 0 aliphatic heterocycles. The summed E-state index contributed by atoms with van der Waals surface area (Å²) < 4.78 is 0. The SMILES string of the molecule is CN(C)CCCC(CCCN(C)C)C(O)CO. The topological polar surface area (TPSA) is 46.9 Å². The van der Waals surface area contributed by atoms with Crippen molar-refractivity contribution in [2.45, 2.75) is 31.8 Å². The van der Waals surface area contributed by atoms with E-state index < -0.39 is 6.10 Å². The summed E-state index contributed by atoms with van der Waals surface area (Å²) in [5.74, 6) is 0.236. The third kappa shape index (κ3) is 9.53. The van der Waals surface area contributed by atoms with Crippen molar-refractivity contribution in [3.63, 3.8) is 0 Å². The second kappa shape index (κ2) is 9.83. The highest BCUT2D eigenvalue weighted by Gasteiger charge is 2.17. The highest BCUT2D eigenvalue weighted by atomic mass is 16.3. The second-order valence-corrected chi connectivity index (χ2v) is 5.40. The van der Waals surface area contributed by atoms with Crippen LogP contribution in [-0.4, -0.2) is 74.0 Å². The Bertz CT molecular complexity index is 161. The maximum Gasteiger partial charge on any atom is 0.0799 e. The van der Waals surface area contributed by atoms with E-state index in [1.54, 1.807) is 0 Å². The van der Waals surface area contributed by atoms with Crippen molar-refractivity contribution in [2.75, 3.05) is 47.9 Å². The standard InChI is InChI=1S/C13H30N2O2/c1-14(2)9-5-7-12(13(17)11-16)8-6-10-15(3)4/h12-13,16-17H,5-11H2,1-4H3. The zero-order valence-corrected chi connectivity index (χ0v) is 11.9. The van der Waals surface area contributed by atoms with Crippen molar-refractivity contribution in [1.82, 2.24) is 9.80 Å². The molecular weight excluding hydrogens is 216 g/mol. The van der Waals surface area contributed by atoms with Crippen LogP contribution in [0.25, 0.3) is 0 Å². The molecule has 0 heterocycles. The van der Waals surface area contributed by atoms with Crippen LogP contribution >= 0.6 is 0 Å². The summed E-state index contributed by atoms with van der Waals surface area (Å²) in [5, 5.41) is 18.8. The first-order chi connectivity index (χ1) is 7.97. The molecule has 1 atom stereocenters. The molecule has 0 saturated carbocycles. The van der Waals surface area contributed by atoms with E-state index in [1.165, 1.54) is 0 Å². The molecule has 2 N–H and O–H groups in total. The second-order valence-electron chi connectivity index (χ2n) is 5.40. The molecule has 0 aromatic heterocycles. The van der Waals surface area contributed by atoms with Crippen LogP contribution in [0.2, 0.25) is 0 Å². The van der Waals surface area contributed by atoms with Gasteiger partial charge in [-0.25, -0.2) is 0 Å². The smallest absolute Gasteiger partial charge is 0.0799 e. The zero-order valence-electron chi connectivity index (χ0n) is 11.9. The lowest BCUT2D eigenvalue weighted by atomic mass is 9.92. The summed E-state index contributed by atoms with van der Waals surface area (Å²) in [6, 6.07) is 0. The van der Waals surface area contributed by atoms with E-state index >= 15 is 0 Å². The Balaban J connectivity index is 3.88. The molecule has 0 aliphatic carbocycles. The molecule has 0 radical (unpaired) electrons. The third-order valence-electron chi connectivity index (χ3n) is 3.09. The van der Waals surface area contributed by atoms with Gasteiger partial charge >= 0.3 is 0 Å². The van der Waals surface area contributed by atoms with Gasteiger partial charge < -0.3 is 20.0 Å². The van der Waals surface area contributed by atoms with Crippen LogP contribution in [-0.2, 0) is 0 Å². The number of nitrogens with zero attached hydrogens (tertiary/aromatic N) is 2. The van der Waals surface area contributed by atoms with Crippen molar-refractivity contribution < 1.29 is 10.2 Å². The number of hydrogen-bond acceptors (Lipinski definition) is 4. The van der Waals surface area contributed by atoms with Crippen LogP contribution in [0.1, 0.15) is 25.7 Å². The van der Waals surface area contributed by atoms with Gasteiger partial charge in [0.1, 0.15) is 0 Å². The van der Waals surface area contributed by atoms with E-state index in [4.69, 9.17) is 5.11 Å². The summed E-state index contributed by atoms with van der Waals surface area (Å²) in [4.78, 5) is 4.31. The molecule has 0 rings (SSSR count). The minimum absolute atomic E-state index is 0.116. The normalized spacial score (nSPS) is 13.9. The number of aliphatic hydroxyl groups is 2. The fraction of sp³-hybridized carbons (Fsp3) is 1.00. The van der Waals surface area contributed by atoms with Crippen molar-refractivity contribution in [3.05, 3.63) is 0 Å². The fourth-order valence-corrected chi connectivity index (χ4v) is 2.02. The molecule has 0 aromatic carbocycles. The minimum Gasteiger partial charge on any atom is -0.394 e. The summed E-state index contributed by atoms with van der Waals surface area (Å²) in [6.45, 7) is 1.97. The van der Waals surface area contributed by atoms with Gasteiger partial charge in [0.2, 0.25) is 0 Å². The molecule has 1 unspecified atom stereocenters. The predicted octanol–water partition coefficient (Wildman–Crippen LogP) is 0.639. The number of hydrogen-bond donors (Lipinski definition) is 2. The van der Waals surface area contributed by atoms with Crippen LogP contribution in [0.5, 0.6) is 0 Å². The molecule has 0 spiro atoms. The Hall–Kier alpha value is -0.160. The Kier molecular flexibility index (Phi) is 9.74. The first kappa shape index (κ1) is 16.8. The summed E-state index contributed by atoms with van der Waals surface area (Å²) in [5.41, 5.74) is 0. The van der Waals surface area contributed by atoms with Crippen LogP contribution < -0.4 is 0 Å². The van der Waals surface area contributed by atoms with Gasteiger partial charge in [0.25, 0.3) is 0 Å². The van der Waals surface area contributed by atoms with E-state index in [2.05, 4.69) is 38.0 Å². The van der Waals surface area contributed by atoms with E-state index in [-0.39, 0.29) is 12.5 Å². The van der Waals surface area contributed by atoms with Gasteiger partial charge in [0.15, 0.2) is 0 Å². The quantitative estimate of drug-likeness (QED) is 0.594. The molecule has 0 aliphatic rings. The third-order valence-corrected chi connectivity index (χ3v) is 3.09. The predicted molar refractivity (Wildman–Crippen MR) is 72.2 cm³/mol. The lowest BCUT2D eigenvalue weighted by Gasteiger charge is -2.23. The highest BCUT2D eigenvalue weighted by Crippen LogP contribution is 2.18. The molecule has 4 heteroatoms. The van der Waals surface area contributed by atoms with Gasteiger partial charge in [-0.2, -0.15) is 0 Å². The fourth-order valence-electron chi connectivity index (χ4n) is 2.02. The van der Waals surface area contributed by atoms with Gasteiger partial charge in [-0.15, -0.1) is 0 Å². The first-order valence-electron chi connectivity index (χ1n) is 6.55. The largest absolute Gasteiger partial charge is 0.394 e. The molecule has 0 fully saturated rings. The summed E-state index contributed by atoms with van der Waals surface area (Å²) in [7, 11) is 8.24. The molecule has 0 bridgehead atoms. The van der Waals surface area contributed by atoms with E-state index in [0.717, 1.165) is 38.8 Å². The van der Waals surface area contributed by atoms with Gasteiger partial charge in [0, 0.05) is 0 Å². The Labute approximate surface area is 106 Å². The Morgan fingerprint density at radius 2 is 1.29 bits per heavy atom. The van der Waals surface area contributed by atoms with Crippen LogP contribution in [0.15, 0.2) is 0 Å². The highest BCUT2D eigenvalue weighted by molar-refractivity contribution is 4.69. The molecule has 0 amide bonds. The van der Waals surface area contributed by atoms with Crippen LogP contribution in [0, 0.1) is 5.92 Å². The number of aliphatic hydroxyl groups excluding tert-OH is 2. The first-order valence-corrected chi connectivity index (χ1v) is 6.55. The van der Waals surface area contributed by atoms with E-state index in [9.17, 15) is 5.11 Å². The zero-order chi connectivity index (χ0) is 13.3.